The lowest BCUT2D eigenvalue weighted by Crippen LogP contribution is -2.54. The number of amides is 3. The first-order valence-electron chi connectivity index (χ1n) is 18.0. The molecular formula is C38H53N2O12S. The molecule has 1 saturated heterocycles. The van der Waals surface area contributed by atoms with Crippen molar-refractivity contribution in [3.63, 3.8) is 0 Å². The number of Topliss-reactive ketones (excluding diaryl/α,β-unsaturated/α-hetero) is 1. The maximum atomic E-state index is 13.6. The molecule has 15 heteroatoms. The smallest absolute Gasteiger partial charge is 0.330 e. The number of carboxylic acids is 1. The summed E-state index contributed by atoms with van der Waals surface area (Å²) in [5.41, 5.74) is -3.01. The average Bonchev–Trinajstić information content (AvgIpc) is 3.45. The largest absolute Gasteiger partial charge is 0.504 e. The van der Waals surface area contributed by atoms with Gasteiger partial charge in [-0.25, -0.2) is 4.79 Å². The number of aromatic hydroxyl groups is 2. The fraction of sp³-hybridized carbons (Fsp3) is 0.579. The van der Waals surface area contributed by atoms with Crippen molar-refractivity contribution in [3.8, 4) is 11.5 Å². The van der Waals surface area contributed by atoms with Crippen molar-refractivity contribution in [1.29, 1.82) is 0 Å². The van der Waals surface area contributed by atoms with Crippen LogP contribution in [-0.2, 0) is 38.2 Å². The van der Waals surface area contributed by atoms with Gasteiger partial charge < -0.3 is 30.1 Å². The van der Waals surface area contributed by atoms with Crippen LogP contribution in [0.4, 0.5) is 4.79 Å². The number of carbonyl (C=O) groups excluding carboxylic acids is 6. The maximum absolute atomic E-state index is 13.6. The van der Waals surface area contributed by atoms with Crippen molar-refractivity contribution < 1.29 is 58.4 Å². The van der Waals surface area contributed by atoms with Gasteiger partial charge in [-0.1, -0.05) is 64.5 Å². The summed E-state index contributed by atoms with van der Waals surface area (Å²) in [6, 6.07) is 1.78. The second kappa shape index (κ2) is 22.0. The number of ketones is 1. The summed E-state index contributed by atoms with van der Waals surface area (Å²) in [6.45, 7) is 5.67. The summed E-state index contributed by atoms with van der Waals surface area (Å²) >= 11 is 0.939. The van der Waals surface area contributed by atoms with E-state index in [4.69, 9.17) is 9.47 Å². The number of benzene rings is 1. The summed E-state index contributed by atoms with van der Waals surface area (Å²) in [5, 5.41) is 33.6. The van der Waals surface area contributed by atoms with Crippen LogP contribution in [0.15, 0.2) is 29.2 Å². The van der Waals surface area contributed by atoms with E-state index in [2.05, 4.69) is 10.6 Å². The molecule has 1 aromatic rings. The van der Waals surface area contributed by atoms with Gasteiger partial charge in [0.1, 0.15) is 19.0 Å². The number of aliphatic carboxylic acids is 1. The SMILES string of the molecule is C[CH]C(C)(C(=O)OCCOC(=O)CCC(=O)CCCCCCCCCC/C=C1\SC(=O)NC1=O)C(C)(CC)C(=O)NC(C(=O)O)c1ccc(O)c(O)c1. The standard InChI is InChI=1S/C38H53N2O12S/c1-5-37(3,34(48)39-31(33(46)47)25-18-20-27(42)28(43)24-25)38(4,6-2)35(49)52-23-22-51-30(44)21-19-26(41)16-14-12-10-8-7-9-11-13-15-17-29-32(45)40-36(50)53-29/h6,17-18,20,24,31,42-43H,5,7-16,19,21-23H2,1-4H3,(H,39,48)(H,46,47)(H,40,45,50)/b29-17-. The van der Waals surface area contributed by atoms with Gasteiger partial charge in [0.2, 0.25) is 5.91 Å². The Morgan fingerprint density at radius 2 is 1.51 bits per heavy atom. The predicted octanol–water partition coefficient (Wildman–Crippen LogP) is 6.19. The summed E-state index contributed by atoms with van der Waals surface area (Å²) in [5.74, 6) is -4.94. The molecule has 1 heterocycles. The van der Waals surface area contributed by atoms with E-state index < -0.39 is 52.2 Å². The number of hydrogen-bond donors (Lipinski definition) is 5. The third kappa shape index (κ3) is 13.5. The Morgan fingerprint density at radius 3 is 2.08 bits per heavy atom. The molecule has 293 valence electrons. The highest BCUT2D eigenvalue weighted by Crippen LogP contribution is 2.46. The average molecular weight is 762 g/mol. The minimum Gasteiger partial charge on any atom is -0.504 e. The van der Waals surface area contributed by atoms with Crippen molar-refractivity contribution in [2.24, 2.45) is 10.8 Å². The molecule has 2 rings (SSSR count). The summed E-state index contributed by atoms with van der Waals surface area (Å²) in [7, 11) is 0. The number of allylic oxidation sites excluding steroid dienone is 1. The predicted molar refractivity (Wildman–Crippen MR) is 196 cm³/mol. The molecular weight excluding hydrogens is 708 g/mol. The Hall–Kier alpha value is -4.40. The Morgan fingerprint density at radius 1 is 0.887 bits per heavy atom. The highest BCUT2D eigenvalue weighted by molar-refractivity contribution is 8.18. The van der Waals surface area contributed by atoms with Crippen LogP contribution in [0.3, 0.4) is 0 Å². The van der Waals surface area contributed by atoms with Gasteiger partial charge in [0.15, 0.2) is 17.5 Å². The monoisotopic (exact) mass is 761 g/mol. The number of thioether (sulfide) groups is 1. The van der Waals surface area contributed by atoms with Gasteiger partial charge in [0, 0.05) is 12.8 Å². The van der Waals surface area contributed by atoms with Gasteiger partial charge in [-0.15, -0.1) is 0 Å². The number of phenolic OH excluding ortho intramolecular Hbond substituents is 2. The molecule has 53 heavy (non-hydrogen) atoms. The van der Waals surface area contributed by atoms with Gasteiger partial charge in [-0.3, -0.25) is 34.1 Å². The van der Waals surface area contributed by atoms with Gasteiger partial charge in [0.05, 0.1) is 22.2 Å². The second-order valence-electron chi connectivity index (χ2n) is 13.3. The first-order valence-corrected chi connectivity index (χ1v) is 18.8. The van der Waals surface area contributed by atoms with Crippen LogP contribution in [0.2, 0.25) is 0 Å². The quantitative estimate of drug-likeness (QED) is 0.0325. The number of esters is 2. The van der Waals surface area contributed by atoms with E-state index in [1.54, 1.807) is 13.8 Å². The van der Waals surface area contributed by atoms with Crippen molar-refractivity contribution in [2.75, 3.05) is 13.2 Å². The van der Waals surface area contributed by atoms with Crippen molar-refractivity contribution in [1.82, 2.24) is 10.6 Å². The zero-order chi connectivity index (χ0) is 39.6. The summed E-state index contributed by atoms with van der Waals surface area (Å²) < 4.78 is 10.5. The van der Waals surface area contributed by atoms with E-state index >= 15 is 0 Å². The van der Waals surface area contributed by atoms with Gasteiger partial charge in [-0.2, -0.15) is 0 Å². The third-order valence-corrected chi connectivity index (χ3v) is 10.6. The number of ether oxygens (including phenoxy) is 2. The molecule has 14 nitrogen and oxygen atoms in total. The van der Waals surface area contributed by atoms with Crippen LogP contribution in [0.25, 0.3) is 0 Å². The molecule has 1 aliphatic heterocycles. The number of hydrogen-bond acceptors (Lipinski definition) is 12. The Balaban J connectivity index is 1.66. The Bertz CT molecular complexity index is 1510. The molecule has 0 aromatic heterocycles. The fourth-order valence-electron chi connectivity index (χ4n) is 5.82. The highest BCUT2D eigenvalue weighted by Gasteiger charge is 2.54. The molecule has 1 aromatic carbocycles. The van der Waals surface area contributed by atoms with Crippen molar-refractivity contribution in [3.05, 3.63) is 41.2 Å². The maximum Gasteiger partial charge on any atom is 0.330 e. The Kier molecular flexibility index (Phi) is 18.5. The number of imide groups is 1. The lowest BCUT2D eigenvalue weighted by atomic mass is 9.61. The minimum absolute atomic E-state index is 0.00632. The van der Waals surface area contributed by atoms with E-state index in [0.717, 1.165) is 81.7 Å². The molecule has 3 atom stereocenters. The molecule has 0 bridgehead atoms. The van der Waals surface area contributed by atoms with Gasteiger partial charge in [0.25, 0.3) is 11.1 Å². The third-order valence-electron chi connectivity index (χ3n) is 9.78. The van der Waals surface area contributed by atoms with E-state index in [0.29, 0.717) is 11.3 Å². The summed E-state index contributed by atoms with van der Waals surface area (Å²) in [6.07, 6.45) is 12.4. The number of nitrogens with one attached hydrogen (secondary N) is 2. The molecule has 5 N–H and O–H groups in total. The van der Waals surface area contributed by atoms with Gasteiger partial charge in [-0.05, 0) is 75.4 Å². The topological polar surface area (TPSA) is 223 Å². The molecule has 3 amide bonds. The van der Waals surface area contributed by atoms with Crippen LogP contribution < -0.4 is 10.6 Å². The van der Waals surface area contributed by atoms with Crippen LogP contribution in [0, 0.1) is 17.3 Å². The number of rotatable bonds is 25. The van der Waals surface area contributed by atoms with Crippen LogP contribution in [0.1, 0.15) is 123 Å². The molecule has 1 aliphatic rings. The lowest BCUT2D eigenvalue weighted by Gasteiger charge is -2.42. The molecule has 3 unspecified atom stereocenters. The van der Waals surface area contributed by atoms with Crippen molar-refractivity contribution in [2.45, 2.75) is 117 Å². The first kappa shape index (κ1) is 44.8. The summed E-state index contributed by atoms with van der Waals surface area (Å²) in [4.78, 5) is 86.5. The second-order valence-corrected chi connectivity index (χ2v) is 14.4. The van der Waals surface area contributed by atoms with Crippen molar-refractivity contribution >= 4 is 52.5 Å². The van der Waals surface area contributed by atoms with Gasteiger partial charge >= 0.3 is 17.9 Å². The van der Waals surface area contributed by atoms with Crippen LogP contribution in [0.5, 0.6) is 11.5 Å². The van der Waals surface area contributed by atoms with E-state index in [1.165, 1.54) is 26.3 Å². The molecule has 0 saturated carbocycles. The fourth-order valence-corrected chi connectivity index (χ4v) is 6.51. The van der Waals surface area contributed by atoms with E-state index in [-0.39, 0.29) is 55.0 Å². The van der Waals surface area contributed by atoms with Crippen LogP contribution in [-0.4, -0.2) is 69.3 Å². The number of phenols is 2. The number of carbonyl (C=O) groups is 7. The van der Waals surface area contributed by atoms with E-state index in [9.17, 15) is 48.9 Å². The molecule has 1 fully saturated rings. The number of unbranched alkanes of at least 4 members (excludes halogenated alkanes) is 8. The highest BCUT2D eigenvalue weighted by atomic mass is 32.2. The Labute approximate surface area is 314 Å². The lowest BCUT2D eigenvalue weighted by molar-refractivity contribution is -0.168. The zero-order valence-electron chi connectivity index (χ0n) is 31.0. The molecule has 0 spiro atoms. The minimum atomic E-state index is -1.59. The normalized spacial score (nSPS) is 16.3. The first-order chi connectivity index (χ1) is 25.1. The molecule has 1 radical (unpaired) electrons. The van der Waals surface area contributed by atoms with Crippen LogP contribution >= 0.6 is 11.8 Å². The van der Waals surface area contributed by atoms with E-state index in [1.807, 2.05) is 6.08 Å². The molecule has 0 aliphatic carbocycles. The zero-order valence-corrected chi connectivity index (χ0v) is 31.8. The number of carboxylic acid groups (broad SMARTS) is 1.